The maximum Gasteiger partial charge on any atom is 0.240 e. The molecule has 2 aliphatic rings. The molecule has 4 rings (SSSR count). The smallest absolute Gasteiger partial charge is 0.240 e. The number of halogens is 1. The van der Waals surface area contributed by atoms with Crippen molar-refractivity contribution in [2.45, 2.75) is 29.6 Å². The van der Waals surface area contributed by atoms with Crippen LogP contribution in [-0.2, 0) is 26.7 Å². The number of hydrogen-bond donors (Lipinski definition) is 3. The molecule has 28 heavy (non-hydrogen) atoms. The molecule has 0 aromatic heterocycles. The zero-order valence-electron chi connectivity index (χ0n) is 15.4. The number of hydrogen-bond acceptors (Lipinski definition) is 4. The molecule has 1 spiro atoms. The number of carbonyl (C=O) groups is 1. The number of rotatable bonds is 6. The maximum absolute atomic E-state index is 12.8. The predicted octanol–water partition coefficient (Wildman–Crippen LogP) is 2.19. The molecule has 4 N–H and O–H groups in total. The van der Waals surface area contributed by atoms with E-state index in [1.807, 2.05) is 12.1 Å². The fraction of sp³-hybridized carbons (Fsp3) is 0.350. The number of nitrogens with one attached hydrogen (secondary N) is 2. The summed E-state index contributed by atoms with van der Waals surface area (Å²) < 4.78 is 26.9. The molecule has 0 radical (unpaired) electrons. The molecule has 2 atom stereocenters. The Bertz CT molecular complexity index is 996. The largest absolute Gasteiger partial charge is 0.329 e. The zero-order valence-corrected chi connectivity index (χ0v) is 17.0. The topological polar surface area (TPSA) is 101 Å². The van der Waals surface area contributed by atoms with Gasteiger partial charge in [-0.25, -0.2) is 13.1 Å². The highest BCUT2D eigenvalue weighted by molar-refractivity contribution is 7.89. The summed E-state index contributed by atoms with van der Waals surface area (Å²) in [6, 6.07) is 14.7. The van der Waals surface area contributed by atoms with Gasteiger partial charge in [0.15, 0.2) is 0 Å². The van der Waals surface area contributed by atoms with Crippen LogP contribution in [0.1, 0.15) is 24.0 Å². The third-order valence-corrected chi connectivity index (χ3v) is 7.09. The van der Waals surface area contributed by atoms with E-state index >= 15 is 0 Å². The number of amides is 1. The Morgan fingerprint density at radius 2 is 1.96 bits per heavy atom. The van der Waals surface area contributed by atoms with Gasteiger partial charge in [-0.15, -0.1) is 12.4 Å². The van der Waals surface area contributed by atoms with E-state index in [2.05, 4.69) is 22.2 Å². The van der Waals surface area contributed by atoms with Crippen LogP contribution in [0.2, 0.25) is 0 Å². The molecule has 2 aliphatic carbocycles. The number of anilines is 1. The lowest BCUT2D eigenvalue weighted by Gasteiger charge is -2.12. The van der Waals surface area contributed by atoms with Crippen LogP contribution < -0.4 is 15.8 Å². The van der Waals surface area contributed by atoms with Gasteiger partial charge in [0.05, 0.1) is 4.90 Å². The Balaban J connectivity index is 0.00000225. The lowest BCUT2D eigenvalue weighted by Crippen LogP contribution is -2.29. The second-order valence-electron chi connectivity index (χ2n) is 7.27. The van der Waals surface area contributed by atoms with Crippen molar-refractivity contribution in [3.8, 4) is 0 Å². The van der Waals surface area contributed by atoms with Crippen molar-refractivity contribution < 1.29 is 13.2 Å². The third-order valence-electron chi connectivity index (χ3n) is 5.63. The van der Waals surface area contributed by atoms with Crippen LogP contribution in [0.25, 0.3) is 0 Å². The minimum absolute atomic E-state index is 0. The molecule has 1 fully saturated rings. The quantitative estimate of drug-likeness (QED) is 0.665. The molecular formula is C20H24ClN3O3S. The van der Waals surface area contributed by atoms with Gasteiger partial charge in [-0.1, -0.05) is 30.3 Å². The highest BCUT2D eigenvalue weighted by atomic mass is 35.5. The molecule has 0 heterocycles. The molecule has 6 nitrogen and oxygen atoms in total. The number of fused-ring (bicyclic) bond motifs is 2. The van der Waals surface area contributed by atoms with Crippen LogP contribution in [-0.4, -0.2) is 27.4 Å². The van der Waals surface area contributed by atoms with E-state index in [0.29, 0.717) is 5.69 Å². The maximum atomic E-state index is 12.8. The highest BCUT2D eigenvalue weighted by Gasteiger charge is 2.61. The molecule has 0 aliphatic heterocycles. The molecule has 2 aromatic rings. The number of aryl methyl sites for hydroxylation is 1. The predicted molar refractivity (Wildman–Crippen MR) is 111 cm³/mol. The van der Waals surface area contributed by atoms with E-state index in [4.69, 9.17) is 5.73 Å². The Morgan fingerprint density at radius 3 is 2.75 bits per heavy atom. The minimum Gasteiger partial charge on any atom is -0.329 e. The molecule has 2 unspecified atom stereocenters. The summed E-state index contributed by atoms with van der Waals surface area (Å²) in [7, 11) is -3.63. The zero-order chi connectivity index (χ0) is 19.1. The van der Waals surface area contributed by atoms with Gasteiger partial charge in [0.25, 0.3) is 0 Å². The van der Waals surface area contributed by atoms with Crippen molar-refractivity contribution in [2.24, 2.45) is 11.7 Å². The van der Waals surface area contributed by atoms with Crippen LogP contribution in [0, 0.1) is 5.92 Å². The van der Waals surface area contributed by atoms with E-state index in [0.717, 1.165) is 19.3 Å². The first-order chi connectivity index (χ1) is 13.0. The van der Waals surface area contributed by atoms with Crippen molar-refractivity contribution >= 4 is 34.0 Å². The van der Waals surface area contributed by atoms with Gasteiger partial charge in [0.1, 0.15) is 0 Å². The first kappa shape index (κ1) is 20.8. The number of benzene rings is 2. The van der Waals surface area contributed by atoms with Gasteiger partial charge in [-0.05, 0) is 48.6 Å². The third kappa shape index (κ3) is 3.67. The Morgan fingerprint density at radius 1 is 1.18 bits per heavy atom. The van der Waals surface area contributed by atoms with E-state index in [1.165, 1.54) is 23.3 Å². The van der Waals surface area contributed by atoms with Crippen LogP contribution in [0.5, 0.6) is 0 Å². The monoisotopic (exact) mass is 421 g/mol. The molecule has 0 saturated heterocycles. The number of carbonyl (C=O) groups excluding carboxylic acids is 1. The molecule has 8 heteroatoms. The number of sulfonamides is 1. The average Bonchev–Trinajstić information content (AvgIpc) is 3.29. The van der Waals surface area contributed by atoms with Crippen LogP contribution >= 0.6 is 12.4 Å². The standard InChI is InChI=1S/C20H23N3O3S.ClH/c21-10-11-22-27(25,26)16-6-3-5-15(12-16)23-19(24)18-13-20(18)9-8-14-4-1-2-7-17(14)20;/h1-7,12,18,22H,8-11,13,21H2,(H,23,24);1H. The van der Waals surface area contributed by atoms with E-state index in [-0.39, 0.29) is 47.6 Å². The van der Waals surface area contributed by atoms with Gasteiger partial charge in [-0.3, -0.25) is 4.79 Å². The Hall–Kier alpha value is -1.93. The normalized spacial score (nSPS) is 22.4. The molecular weight excluding hydrogens is 398 g/mol. The van der Waals surface area contributed by atoms with Gasteiger partial charge >= 0.3 is 0 Å². The fourth-order valence-electron chi connectivity index (χ4n) is 4.19. The van der Waals surface area contributed by atoms with E-state index in [9.17, 15) is 13.2 Å². The summed E-state index contributed by atoms with van der Waals surface area (Å²) in [5, 5.41) is 2.90. The second-order valence-corrected chi connectivity index (χ2v) is 9.04. The lowest BCUT2D eigenvalue weighted by molar-refractivity contribution is -0.117. The van der Waals surface area contributed by atoms with Gasteiger partial charge < -0.3 is 11.1 Å². The average molecular weight is 422 g/mol. The van der Waals surface area contributed by atoms with Crippen molar-refractivity contribution in [1.29, 1.82) is 0 Å². The van der Waals surface area contributed by atoms with Crippen molar-refractivity contribution in [2.75, 3.05) is 18.4 Å². The molecule has 1 saturated carbocycles. The summed E-state index contributed by atoms with van der Waals surface area (Å²) >= 11 is 0. The summed E-state index contributed by atoms with van der Waals surface area (Å²) in [6.45, 7) is 0.393. The first-order valence-electron chi connectivity index (χ1n) is 9.15. The van der Waals surface area contributed by atoms with Gasteiger partial charge in [-0.2, -0.15) is 0 Å². The summed E-state index contributed by atoms with van der Waals surface area (Å²) in [4.78, 5) is 12.9. The van der Waals surface area contributed by atoms with Gasteiger partial charge in [0.2, 0.25) is 15.9 Å². The van der Waals surface area contributed by atoms with Crippen LogP contribution in [0.4, 0.5) is 5.69 Å². The molecule has 1 amide bonds. The van der Waals surface area contributed by atoms with E-state index < -0.39 is 10.0 Å². The molecule has 2 aromatic carbocycles. The fourth-order valence-corrected chi connectivity index (χ4v) is 5.28. The molecule has 150 valence electrons. The second kappa shape index (κ2) is 7.83. The minimum atomic E-state index is -3.63. The summed E-state index contributed by atoms with van der Waals surface area (Å²) in [5.41, 5.74) is 8.45. The van der Waals surface area contributed by atoms with Crippen LogP contribution in [0.3, 0.4) is 0 Å². The molecule has 0 bridgehead atoms. The lowest BCUT2D eigenvalue weighted by atomic mass is 9.95. The number of nitrogens with two attached hydrogens (primary N) is 1. The van der Waals surface area contributed by atoms with E-state index in [1.54, 1.807) is 12.1 Å². The Labute approximate surface area is 171 Å². The Kier molecular flexibility index (Phi) is 5.82. The first-order valence-corrected chi connectivity index (χ1v) is 10.6. The SMILES string of the molecule is Cl.NCCNS(=O)(=O)c1cccc(NC(=O)C2CC23CCc2ccccc23)c1. The van der Waals surface area contributed by atoms with Crippen LogP contribution in [0.15, 0.2) is 53.4 Å². The summed E-state index contributed by atoms with van der Waals surface area (Å²) in [6.07, 6.45) is 2.87. The van der Waals surface area contributed by atoms with Crippen molar-refractivity contribution in [3.63, 3.8) is 0 Å². The van der Waals surface area contributed by atoms with Crippen molar-refractivity contribution in [3.05, 3.63) is 59.7 Å². The summed E-state index contributed by atoms with van der Waals surface area (Å²) in [5.74, 6) is -0.104. The van der Waals surface area contributed by atoms with Crippen molar-refractivity contribution in [1.82, 2.24) is 4.72 Å². The highest BCUT2D eigenvalue weighted by Crippen LogP contribution is 2.61. The van der Waals surface area contributed by atoms with Gasteiger partial charge in [0, 0.05) is 30.1 Å².